The SMILES string of the molecule is Fc1ccc(-c2cncc3[nH]c(-c4n[nH]c5cnc(-c6cncc(CNCc7ccccc7)c6)cc45)cc23)s1. The third-order valence-corrected chi connectivity index (χ3v) is 7.59. The smallest absolute Gasteiger partial charge is 0.176 e. The number of H-pyrrole nitrogens is 2. The molecule has 0 fully saturated rings. The number of aromatic amines is 2. The number of nitrogens with one attached hydrogen (secondary N) is 3. The molecule has 7 aromatic rings. The number of rotatable bonds is 7. The Balaban J connectivity index is 1.20. The predicted octanol–water partition coefficient (Wildman–Crippen LogP) is 6.72. The molecule has 0 saturated carbocycles. The quantitative estimate of drug-likeness (QED) is 0.212. The summed E-state index contributed by atoms with van der Waals surface area (Å²) in [5.41, 5.74) is 8.28. The molecule has 0 aliphatic heterocycles. The van der Waals surface area contributed by atoms with Crippen molar-refractivity contribution in [1.82, 2.24) is 35.5 Å². The van der Waals surface area contributed by atoms with E-state index in [1.165, 1.54) is 11.6 Å². The minimum Gasteiger partial charge on any atom is -0.352 e. The minimum atomic E-state index is -0.221. The van der Waals surface area contributed by atoms with Gasteiger partial charge in [0.25, 0.3) is 0 Å². The number of nitrogens with zero attached hydrogens (tertiary/aromatic N) is 4. The number of pyridine rings is 3. The van der Waals surface area contributed by atoms with Crippen LogP contribution >= 0.6 is 11.3 Å². The van der Waals surface area contributed by atoms with Crippen molar-refractivity contribution in [3.05, 3.63) is 108 Å². The molecular weight excluding hydrogens is 509 g/mol. The van der Waals surface area contributed by atoms with Gasteiger partial charge in [-0.3, -0.25) is 20.1 Å². The predicted molar refractivity (Wildman–Crippen MR) is 152 cm³/mol. The van der Waals surface area contributed by atoms with Crippen molar-refractivity contribution in [1.29, 1.82) is 0 Å². The fourth-order valence-corrected chi connectivity index (χ4v) is 5.54. The summed E-state index contributed by atoms with van der Waals surface area (Å²) in [5.74, 6) is 0. The summed E-state index contributed by atoms with van der Waals surface area (Å²) >= 11 is 1.11. The Morgan fingerprint density at radius 1 is 0.795 bits per heavy atom. The fourth-order valence-electron chi connectivity index (χ4n) is 4.79. The molecule has 0 atom stereocenters. The number of benzene rings is 1. The molecule has 9 heteroatoms. The number of hydrogen-bond donors (Lipinski definition) is 3. The first kappa shape index (κ1) is 23.4. The first-order valence-corrected chi connectivity index (χ1v) is 13.3. The molecule has 0 bridgehead atoms. The molecule has 0 saturated heterocycles. The minimum absolute atomic E-state index is 0.221. The summed E-state index contributed by atoms with van der Waals surface area (Å²) in [5, 5.41) is 12.8. The molecule has 0 aliphatic carbocycles. The van der Waals surface area contributed by atoms with Gasteiger partial charge in [-0.1, -0.05) is 30.3 Å². The molecule has 190 valence electrons. The second-order valence-corrected chi connectivity index (χ2v) is 10.3. The largest absolute Gasteiger partial charge is 0.352 e. The highest BCUT2D eigenvalue weighted by atomic mass is 32.1. The molecule has 39 heavy (non-hydrogen) atoms. The van der Waals surface area contributed by atoms with Crippen molar-refractivity contribution in [3.63, 3.8) is 0 Å². The summed E-state index contributed by atoms with van der Waals surface area (Å²) in [7, 11) is 0. The Labute approximate surface area is 226 Å². The van der Waals surface area contributed by atoms with Crippen LogP contribution in [0.2, 0.25) is 0 Å². The first-order valence-electron chi connectivity index (χ1n) is 12.5. The van der Waals surface area contributed by atoms with Crippen LogP contribution in [0.25, 0.3) is 54.9 Å². The van der Waals surface area contributed by atoms with Crippen LogP contribution < -0.4 is 5.32 Å². The van der Waals surface area contributed by atoms with Crippen LogP contribution in [-0.4, -0.2) is 30.1 Å². The van der Waals surface area contributed by atoms with Crippen molar-refractivity contribution in [2.45, 2.75) is 13.1 Å². The van der Waals surface area contributed by atoms with Gasteiger partial charge in [0.2, 0.25) is 0 Å². The van der Waals surface area contributed by atoms with E-state index in [1.54, 1.807) is 24.7 Å². The summed E-state index contributed by atoms with van der Waals surface area (Å²) in [6.45, 7) is 1.49. The Hall–Kier alpha value is -4.73. The van der Waals surface area contributed by atoms with E-state index in [4.69, 9.17) is 0 Å². The van der Waals surface area contributed by atoms with Crippen molar-refractivity contribution < 1.29 is 4.39 Å². The average Bonchev–Trinajstić information content (AvgIpc) is 3.71. The molecule has 7 rings (SSSR count). The molecule has 6 heterocycles. The van der Waals surface area contributed by atoms with Gasteiger partial charge < -0.3 is 10.3 Å². The molecule has 0 aliphatic rings. The molecule has 7 nitrogen and oxygen atoms in total. The number of fused-ring (bicyclic) bond motifs is 2. The van der Waals surface area contributed by atoms with E-state index in [0.29, 0.717) is 6.54 Å². The second kappa shape index (κ2) is 9.86. The second-order valence-electron chi connectivity index (χ2n) is 9.29. The highest BCUT2D eigenvalue weighted by Crippen LogP contribution is 2.36. The Bertz CT molecular complexity index is 1920. The first-order chi connectivity index (χ1) is 19.2. The number of thiophene rings is 1. The van der Waals surface area contributed by atoms with Crippen LogP contribution in [0, 0.1) is 5.13 Å². The topological polar surface area (TPSA) is 95.2 Å². The average molecular weight is 532 g/mol. The van der Waals surface area contributed by atoms with E-state index in [0.717, 1.165) is 78.3 Å². The number of aromatic nitrogens is 6. The third-order valence-electron chi connectivity index (χ3n) is 6.68. The maximum atomic E-state index is 13.7. The Morgan fingerprint density at radius 2 is 1.67 bits per heavy atom. The van der Waals surface area contributed by atoms with Gasteiger partial charge in [-0.25, -0.2) is 0 Å². The molecule has 0 unspecified atom stereocenters. The lowest BCUT2D eigenvalue weighted by Gasteiger charge is -2.07. The molecule has 6 aromatic heterocycles. The molecule has 3 N–H and O–H groups in total. The summed E-state index contributed by atoms with van der Waals surface area (Å²) < 4.78 is 13.7. The zero-order valence-electron chi connectivity index (χ0n) is 20.6. The van der Waals surface area contributed by atoms with Crippen molar-refractivity contribution in [3.8, 4) is 33.1 Å². The van der Waals surface area contributed by atoms with E-state index in [9.17, 15) is 4.39 Å². The van der Waals surface area contributed by atoms with Crippen molar-refractivity contribution in [2.75, 3.05) is 0 Å². The van der Waals surface area contributed by atoms with Crippen molar-refractivity contribution in [2.24, 2.45) is 0 Å². The Morgan fingerprint density at radius 3 is 2.54 bits per heavy atom. The van der Waals surface area contributed by atoms with Gasteiger partial charge in [0.05, 0.1) is 34.8 Å². The van der Waals surface area contributed by atoms with Gasteiger partial charge in [0, 0.05) is 58.5 Å². The van der Waals surface area contributed by atoms with Crippen LogP contribution in [0.5, 0.6) is 0 Å². The van der Waals surface area contributed by atoms with E-state index < -0.39 is 0 Å². The maximum absolute atomic E-state index is 13.7. The van der Waals surface area contributed by atoms with Crippen LogP contribution in [0.4, 0.5) is 4.39 Å². The molecule has 1 aromatic carbocycles. The molecule has 0 radical (unpaired) electrons. The van der Waals surface area contributed by atoms with E-state index in [2.05, 4.69) is 53.6 Å². The molecule has 0 amide bonds. The zero-order valence-corrected chi connectivity index (χ0v) is 21.5. The van der Waals surface area contributed by atoms with Gasteiger partial charge in [0.15, 0.2) is 5.13 Å². The van der Waals surface area contributed by atoms with Gasteiger partial charge in [0.1, 0.15) is 5.69 Å². The van der Waals surface area contributed by atoms with E-state index in [1.807, 2.05) is 42.7 Å². The van der Waals surface area contributed by atoms with E-state index >= 15 is 0 Å². The number of hydrogen-bond acceptors (Lipinski definition) is 6. The van der Waals surface area contributed by atoms with E-state index in [-0.39, 0.29) is 5.13 Å². The monoisotopic (exact) mass is 531 g/mol. The maximum Gasteiger partial charge on any atom is 0.176 e. The summed E-state index contributed by atoms with van der Waals surface area (Å²) in [6, 6.07) is 19.8. The van der Waals surface area contributed by atoms with Gasteiger partial charge in [-0.05, 0) is 41.5 Å². The zero-order chi connectivity index (χ0) is 26.2. The van der Waals surface area contributed by atoms with Gasteiger partial charge >= 0.3 is 0 Å². The fraction of sp³-hybridized carbons (Fsp3) is 0.0667. The molecule has 0 spiro atoms. The standard InChI is InChI=1S/C30H22FN7S/c31-29-7-6-28(39-29)23-15-34-16-26-21(23)9-25(36-26)30-22-10-24(35-17-27(22)37-38-30)20-8-19(13-33-14-20)12-32-11-18-4-2-1-3-5-18/h1-10,13-17,32,36H,11-12H2,(H,37,38). The number of halogens is 1. The van der Waals surface area contributed by atoms with Gasteiger partial charge in [-0.2, -0.15) is 9.49 Å². The molecular formula is C30H22FN7S. The van der Waals surface area contributed by atoms with Gasteiger partial charge in [-0.15, -0.1) is 11.3 Å². The van der Waals surface area contributed by atoms with Crippen molar-refractivity contribution >= 4 is 33.1 Å². The third kappa shape index (κ3) is 4.58. The van der Waals surface area contributed by atoms with Crippen LogP contribution in [0.1, 0.15) is 11.1 Å². The lowest BCUT2D eigenvalue weighted by Crippen LogP contribution is -2.12. The van der Waals surface area contributed by atoms with Crippen LogP contribution in [0.15, 0.2) is 91.6 Å². The lowest BCUT2D eigenvalue weighted by atomic mass is 10.1. The summed E-state index contributed by atoms with van der Waals surface area (Å²) in [4.78, 5) is 17.8. The summed E-state index contributed by atoms with van der Waals surface area (Å²) in [6.07, 6.45) is 9.04. The Kier molecular flexibility index (Phi) is 5.92. The highest BCUT2D eigenvalue weighted by molar-refractivity contribution is 7.14. The lowest BCUT2D eigenvalue weighted by molar-refractivity contribution is 0.657. The van der Waals surface area contributed by atoms with Crippen LogP contribution in [-0.2, 0) is 13.1 Å². The highest BCUT2D eigenvalue weighted by Gasteiger charge is 2.16. The normalized spacial score (nSPS) is 11.5. The van der Waals surface area contributed by atoms with Crippen LogP contribution in [0.3, 0.4) is 0 Å².